The van der Waals surface area contributed by atoms with Crippen molar-refractivity contribution in [3.63, 3.8) is 0 Å². The van der Waals surface area contributed by atoms with Crippen molar-refractivity contribution in [3.8, 4) is 11.5 Å². The van der Waals surface area contributed by atoms with Crippen LogP contribution in [0.1, 0.15) is 40.5 Å². The summed E-state index contributed by atoms with van der Waals surface area (Å²) in [6, 6.07) is 4.25. The number of carbonyl (C=O) groups excluding carboxylic acids is 1. The van der Waals surface area contributed by atoms with E-state index in [1.165, 1.54) is 19.2 Å². The average molecular weight is 351 g/mol. The molecule has 1 heterocycles. The molecule has 0 spiro atoms. The summed E-state index contributed by atoms with van der Waals surface area (Å²) in [7, 11) is 3.19. The molecule has 0 saturated heterocycles. The Balaban J connectivity index is 1.87. The Kier molecular flexibility index (Phi) is 4.87. The molecule has 1 aliphatic carbocycles. The summed E-state index contributed by atoms with van der Waals surface area (Å²) in [5.41, 5.74) is 2.04. The van der Waals surface area contributed by atoms with Gasteiger partial charge in [-0.05, 0) is 31.4 Å². The Morgan fingerprint density at radius 2 is 2.24 bits per heavy atom. The molecule has 2 aromatic rings. The van der Waals surface area contributed by atoms with E-state index in [1.54, 1.807) is 16.9 Å². The number of nitrogens with one attached hydrogen (secondary N) is 1. The van der Waals surface area contributed by atoms with Gasteiger partial charge in [-0.2, -0.15) is 13.9 Å². The molecule has 1 aliphatic rings. The lowest BCUT2D eigenvalue weighted by molar-refractivity contribution is -0.0515. The minimum absolute atomic E-state index is 0.00987. The molecule has 8 heteroatoms. The zero-order valence-corrected chi connectivity index (χ0v) is 14.0. The van der Waals surface area contributed by atoms with Crippen LogP contribution in [0, 0.1) is 0 Å². The number of amides is 1. The molecule has 0 aliphatic heterocycles. The molecule has 0 saturated carbocycles. The Hall–Kier alpha value is -2.64. The number of fused-ring (bicyclic) bond motifs is 1. The highest BCUT2D eigenvalue weighted by Crippen LogP contribution is 2.34. The molecule has 0 bridgehead atoms. The highest BCUT2D eigenvalue weighted by atomic mass is 19.3. The van der Waals surface area contributed by atoms with Crippen molar-refractivity contribution in [2.75, 3.05) is 7.11 Å². The highest BCUT2D eigenvalue weighted by Gasteiger charge is 2.27. The summed E-state index contributed by atoms with van der Waals surface area (Å²) in [6.07, 6.45) is 4.31. The van der Waals surface area contributed by atoms with Gasteiger partial charge in [0.05, 0.1) is 24.9 Å². The molecule has 0 unspecified atom stereocenters. The van der Waals surface area contributed by atoms with Crippen molar-refractivity contribution in [1.29, 1.82) is 0 Å². The lowest BCUT2D eigenvalue weighted by Crippen LogP contribution is -2.31. The molecule has 3 rings (SSSR count). The first-order valence-corrected chi connectivity index (χ1v) is 7.94. The Bertz CT molecular complexity index is 776. The maximum absolute atomic E-state index is 12.7. The van der Waals surface area contributed by atoms with Crippen LogP contribution in [0.2, 0.25) is 0 Å². The van der Waals surface area contributed by atoms with Gasteiger partial charge in [-0.3, -0.25) is 9.48 Å². The van der Waals surface area contributed by atoms with Crippen LogP contribution >= 0.6 is 0 Å². The summed E-state index contributed by atoms with van der Waals surface area (Å²) in [4.78, 5) is 12.7. The SMILES string of the molecule is COc1cccc(C(=O)N[C@H]2CCCc3c2cnn3C)c1OC(F)F. The summed E-state index contributed by atoms with van der Waals surface area (Å²) >= 11 is 0. The molecule has 134 valence electrons. The van der Waals surface area contributed by atoms with E-state index in [4.69, 9.17) is 4.74 Å². The molecular weight excluding hydrogens is 332 g/mol. The van der Waals surface area contributed by atoms with Gasteiger partial charge < -0.3 is 14.8 Å². The third-order valence-corrected chi connectivity index (χ3v) is 4.33. The Morgan fingerprint density at radius 1 is 1.44 bits per heavy atom. The minimum atomic E-state index is -3.05. The molecule has 1 aromatic heterocycles. The first-order chi connectivity index (χ1) is 12.0. The number of hydrogen-bond acceptors (Lipinski definition) is 4. The van der Waals surface area contributed by atoms with E-state index in [0.717, 1.165) is 30.5 Å². The van der Waals surface area contributed by atoms with Crippen molar-refractivity contribution >= 4 is 5.91 Å². The van der Waals surface area contributed by atoms with Crippen molar-refractivity contribution in [1.82, 2.24) is 15.1 Å². The van der Waals surface area contributed by atoms with E-state index in [1.807, 2.05) is 7.05 Å². The van der Waals surface area contributed by atoms with Crippen LogP contribution in [-0.2, 0) is 13.5 Å². The topological polar surface area (TPSA) is 65.4 Å². The smallest absolute Gasteiger partial charge is 0.387 e. The fourth-order valence-electron chi connectivity index (χ4n) is 3.16. The van der Waals surface area contributed by atoms with Gasteiger partial charge in [0.2, 0.25) is 0 Å². The normalized spacial score (nSPS) is 16.4. The molecule has 1 atom stereocenters. The summed E-state index contributed by atoms with van der Waals surface area (Å²) in [5, 5.41) is 7.13. The molecule has 1 amide bonds. The van der Waals surface area contributed by atoms with Crippen LogP contribution < -0.4 is 14.8 Å². The first-order valence-electron chi connectivity index (χ1n) is 7.94. The van der Waals surface area contributed by atoms with Gasteiger partial charge in [0, 0.05) is 18.3 Å². The molecule has 0 radical (unpaired) electrons. The van der Waals surface area contributed by atoms with Crippen LogP contribution in [0.25, 0.3) is 0 Å². The van der Waals surface area contributed by atoms with Crippen molar-refractivity contribution < 1.29 is 23.0 Å². The summed E-state index contributed by atoms with van der Waals surface area (Å²) in [6.45, 7) is -3.05. The maximum atomic E-state index is 12.7. The van der Waals surface area contributed by atoms with E-state index in [0.29, 0.717) is 0 Å². The van der Waals surface area contributed by atoms with Crippen LogP contribution in [0.15, 0.2) is 24.4 Å². The maximum Gasteiger partial charge on any atom is 0.387 e. The fraction of sp³-hybridized carbons (Fsp3) is 0.412. The van der Waals surface area contributed by atoms with E-state index < -0.39 is 12.5 Å². The number of benzene rings is 1. The number of aromatic nitrogens is 2. The zero-order chi connectivity index (χ0) is 18.0. The number of para-hydroxylation sites is 1. The lowest BCUT2D eigenvalue weighted by Gasteiger charge is -2.24. The second-order valence-corrected chi connectivity index (χ2v) is 5.80. The predicted molar refractivity (Wildman–Crippen MR) is 86.0 cm³/mol. The standard InChI is InChI=1S/C17H19F2N3O3/c1-22-13-7-4-6-12(11(13)9-20-22)21-16(23)10-5-3-8-14(24-2)15(10)25-17(18)19/h3,5,8-9,12,17H,4,6-7H2,1-2H3,(H,21,23)/t12-/m0/s1. The largest absolute Gasteiger partial charge is 0.493 e. The number of nitrogens with zero attached hydrogens (tertiary/aromatic N) is 2. The van der Waals surface area contributed by atoms with Gasteiger partial charge in [0.15, 0.2) is 11.5 Å². The lowest BCUT2D eigenvalue weighted by atomic mass is 9.92. The zero-order valence-electron chi connectivity index (χ0n) is 14.0. The molecule has 6 nitrogen and oxygen atoms in total. The number of hydrogen-bond donors (Lipinski definition) is 1. The number of halogens is 2. The number of carbonyl (C=O) groups is 1. The monoisotopic (exact) mass is 351 g/mol. The van der Waals surface area contributed by atoms with Gasteiger partial charge in [0.1, 0.15) is 0 Å². The minimum Gasteiger partial charge on any atom is -0.493 e. The van der Waals surface area contributed by atoms with E-state index in [9.17, 15) is 13.6 Å². The van der Waals surface area contributed by atoms with Gasteiger partial charge in [-0.15, -0.1) is 0 Å². The van der Waals surface area contributed by atoms with E-state index in [2.05, 4.69) is 15.2 Å². The Labute approximate surface area is 143 Å². The first kappa shape index (κ1) is 17.2. The number of ether oxygens (including phenoxy) is 2. The fourth-order valence-corrected chi connectivity index (χ4v) is 3.16. The molecule has 25 heavy (non-hydrogen) atoms. The second-order valence-electron chi connectivity index (χ2n) is 5.80. The Morgan fingerprint density at radius 3 is 2.96 bits per heavy atom. The molecule has 0 fully saturated rings. The number of methoxy groups -OCH3 is 1. The summed E-state index contributed by atoms with van der Waals surface area (Å²) < 4.78 is 36.8. The van der Waals surface area contributed by atoms with Gasteiger partial charge in [0.25, 0.3) is 5.91 Å². The number of alkyl halides is 2. The molecular formula is C17H19F2N3O3. The van der Waals surface area contributed by atoms with Crippen molar-refractivity contribution in [2.45, 2.75) is 31.9 Å². The average Bonchev–Trinajstić information content (AvgIpc) is 2.97. The van der Waals surface area contributed by atoms with Crippen LogP contribution in [-0.4, -0.2) is 29.4 Å². The predicted octanol–water partition coefficient (Wildman–Crippen LogP) is 2.84. The van der Waals surface area contributed by atoms with Crippen molar-refractivity contribution in [3.05, 3.63) is 41.2 Å². The second kappa shape index (κ2) is 7.08. The van der Waals surface area contributed by atoms with Crippen LogP contribution in [0.4, 0.5) is 8.78 Å². The van der Waals surface area contributed by atoms with Gasteiger partial charge >= 0.3 is 6.61 Å². The quantitative estimate of drug-likeness (QED) is 0.900. The molecule has 1 aromatic carbocycles. The van der Waals surface area contributed by atoms with Gasteiger partial charge in [-0.25, -0.2) is 0 Å². The van der Waals surface area contributed by atoms with Crippen molar-refractivity contribution in [2.24, 2.45) is 7.05 Å². The van der Waals surface area contributed by atoms with E-state index in [-0.39, 0.29) is 23.1 Å². The third-order valence-electron chi connectivity index (χ3n) is 4.33. The number of rotatable bonds is 5. The van der Waals surface area contributed by atoms with Crippen LogP contribution in [0.3, 0.4) is 0 Å². The third kappa shape index (κ3) is 3.42. The van der Waals surface area contributed by atoms with Crippen LogP contribution in [0.5, 0.6) is 11.5 Å². The number of aryl methyl sites for hydroxylation is 1. The highest BCUT2D eigenvalue weighted by molar-refractivity contribution is 5.98. The molecule has 1 N–H and O–H groups in total. The van der Waals surface area contributed by atoms with Gasteiger partial charge in [-0.1, -0.05) is 6.07 Å². The summed E-state index contributed by atoms with van der Waals surface area (Å²) in [5.74, 6) is -0.672. The van der Waals surface area contributed by atoms with E-state index >= 15 is 0 Å².